The second-order valence-electron chi connectivity index (χ2n) is 2.38. The van der Waals surface area contributed by atoms with Gasteiger partial charge in [-0.05, 0) is 5.56 Å². The van der Waals surface area contributed by atoms with Crippen LogP contribution < -0.4 is 0 Å². The SMILES string of the molecule is O/N=C1\Cc2ccccc21. The number of hydrogen-bond acceptors (Lipinski definition) is 2. The lowest BCUT2D eigenvalue weighted by Gasteiger charge is -2.18. The second-order valence-corrected chi connectivity index (χ2v) is 2.38. The molecule has 10 heavy (non-hydrogen) atoms. The Morgan fingerprint density at radius 1 is 1.30 bits per heavy atom. The third-order valence-electron chi connectivity index (χ3n) is 1.81. The van der Waals surface area contributed by atoms with Gasteiger partial charge in [-0.25, -0.2) is 0 Å². The minimum absolute atomic E-state index is 0.801. The topological polar surface area (TPSA) is 32.6 Å². The van der Waals surface area contributed by atoms with Gasteiger partial charge in [0.2, 0.25) is 0 Å². The minimum atomic E-state index is 0.801. The fraction of sp³-hybridized carbons (Fsp3) is 0.125. The van der Waals surface area contributed by atoms with Crippen LogP contribution in [-0.4, -0.2) is 10.9 Å². The zero-order valence-corrected chi connectivity index (χ0v) is 5.41. The van der Waals surface area contributed by atoms with E-state index in [9.17, 15) is 0 Å². The highest BCUT2D eigenvalue weighted by Crippen LogP contribution is 2.22. The molecular weight excluding hydrogens is 126 g/mol. The molecule has 0 aromatic heterocycles. The van der Waals surface area contributed by atoms with Gasteiger partial charge in [-0.3, -0.25) is 0 Å². The zero-order chi connectivity index (χ0) is 6.97. The van der Waals surface area contributed by atoms with Crippen molar-refractivity contribution in [1.29, 1.82) is 0 Å². The first-order valence-electron chi connectivity index (χ1n) is 3.21. The van der Waals surface area contributed by atoms with E-state index in [2.05, 4.69) is 5.16 Å². The predicted molar refractivity (Wildman–Crippen MR) is 38.5 cm³/mol. The second kappa shape index (κ2) is 1.84. The van der Waals surface area contributed by atoms with Crippen molar-refractivity contribution in [3.63, 3.8) is 0 Å². The number of nitrogens with zero attached hydrogens (tertiary/aromatic N) is 1. The van der Waals surface area contributed by atoms with Crippen LogP contribution in [0.2, 0.25) is 0 Å². The maximum absolute atomic E-state index is 8.42. The van der Waals surface area contributed by atoms with Crippen molar-refractivity contribution in [2.24, 2.45) is 5.16 Å². The lowest BCUT2D eigenvalue weighted by Crippen LogP contribution is -2.19. The smallest absolute Gasteiger partial charge is 0.0914 e. The zero-order valence-electron chi connectivity index (χ0n) is 5.41. The fourth-order valence-electron chi connectivity index (χ4n) is 1.21. The molecular formula is C8H7NO. The molecule has 1 aromatic carbocycles. The summed E-state index contributed by atoms with van der Waals surface area (Å²) >= 11 is 0. The molecule has 0 aliphatic heterocycles. The number of benzene rings is 1. The Kier molecular flexibility index (Phi) is 1.01. The number of fused-ring (bicyclic) bond motifs is 1. The molecule has 2 rings (SSSR count). The van der Waals surface area contributed by atoms with E-state index < -0.39 is 0 Å². The van der Waals surface area contributed by atoms with Gasteiger partial charge in [0.25, 0.3) is 0 Å². The monoisotopic (exact) mass is 133 g/mol. The molecule has 0 heterocycles. The van der Waals surface area contributed by atoms with E-state index in [-0.39, 0.29) is 0 Å². The summed E-state index contributed by atoms with van der Waals surface area (Å²) < 4.78 is 0. The van der Waals surface area contributed by atoms with Crippen LogP contribution >= 0.6 is 0 Å². The highest BCUT2D eigenvalue weighted by atomic mass is 16.4. The number of hydrogen-bond donors (Lipinski definition) is 1. The Balaban J connectivity index is 2.53. The molecule has 0 radical (unpaired) electrons. The molecule has 1 aromatic rings. The molecule has 2 heteroatoms. The summed E-state index contributed by atoms with van der Waals surface area (Å²) in [5, 5.41) is 11.6. The van der Waals surface area contributed by atoms with Crippen molar-refractivity contribution in [3.8, 4) is 0 Å². The van der Waals surface area contributed by atoms with E-state index in [0.29, 0.717) is 0 Å². The summed E-state index contributed by atoms with van der Waals surface area (Å²) in [6, 6.07) is 7.95. The summed E-state index contributed by atoms with van der Waals surface area (Å²) in [4.78, 5) is 0. The Morgan fingerprint density at radius 2 is 2.10 bits per heavy atom. The quantitative estimate of drug-likeness (QED) is 0.421. The van der Waals surface area contributed by atoms with Crippen molar-refractivity contribution in [2.75, 3.05) is 0 Å². The van der Waals surface area contributed by atoms with E-state index in [0.717, 1.165) is 17.7 Å². The molecule has 1 aliphatic rings. The Morgan fingerprint density at radius 3 is 2.80 bits per heavy atom. The lowest BCUT2D eigenvalue weighted by atomic mass is 9.87. The molecule has 0 fully saturated rings. The summed E-state index contributed by atoms with van der Waals surface area (Å²) in [6.07, 6.45) is 0.812. The van der Waals surface area contributed by atoms with Gasteiger partial charge < -0.3 is 5.21 Å². The third kappa shape index (κ3) is 0.559. The lowest BCUT2D eigenvalue weighted by molar-refractivity contribution is 0.317. The van der Waals surface area contributed by atoms with Gasteiger partial charge in [-0.1, -0.05) is 29.4 Å². The maximum atomic E-state index is 8.42. The molecule has 0 atom stereocenters. The standard InChI is InChI=1S/C8H7NO/c10-9-8-5-6-3-1-2-4-7(6)8/h1-4,10H,5H2/b9-8+. The molecule has 0 spiro atoms. The number of oxime groups is 1. The van der Waals surface area contributed by atoms with Gasteiger partial charge >= 0.3 is 0 Å². The van der Waals surface area contributed by atoms with Gasteiger partial charge in [0.15, 0.2) is 0 Å². The van der Waals surface area contributed by atoms with E-state index in [1.807, 2.05) is 24.3 Å². The Labute approximate surface area is 58.8 Å². The molecule has 1 N–H and O–H groups in total. The van der Waals surface area contributed by atoms with Gasteiger partial charge in [-0.2, -0.15) is 0 Å². The van der Waals surface area contributed by atoms with Crippen molar-refractivity contribution in [2.45, 2.75) is 6.42 Å². The molecule has 2 nitrogen and oxygen atoms in total. The van der Waals surface area contributed by atoms with Crippen LogP contribution in [0.5, 0.6) is 0 Å². The summed E-state index contributed by atoms with van der Waals surface area (Å²) in [6.45, 7) is 0. The van der Waals surface area contributed by atoms with E-state index >= 15 is 0 Å². The Bertz CT molecular complexity index is 291. The van der Waals surface area contributed by atoms with E-state index in [1.54, 1.807) is 0 Å². The molecule has 50 valence electrons. The van der Waals surface area contributed by atoms with Crippen LogP contribution in [-0.2, 0) is 6.42 Å². The van der Waals surface area contributed by atoms with Gasteiger partial charge in [0, 0.05) is 12.0 Å². The van der Waals surface area contributed by atoms with E-state index in [1.165, 1.54) is 5.56 Å². The largest absolute Gasteiger partial charge is 0.411 e. The molecule has 0 unspecified atom stereocenters. The molecule has 0 amide bonds. The van der Waals surface area contributed by atoms with Crippen LogP contribution in [0.3, 0.4) is 0 Å². The van der Waals surface area contributed by atoms with Crippen LogP contribution in [0.1, 0.15) is 11.1 Å². The highest BCUT2D eigenvalue weighted by Gasteiger charge is 2.19. The highest BCUT2D eigenvalue weighted by molar-refractivity contribution is 6.09. The van der Waals surface area contributed by atoms with Gasteiger partial charge in [-0.15, -0.1) is 0 Å². The number of rotatable bonds is 0. The predicted octanol–water partition coefficient (Wildman–Crippen LogP) is 1.42. The average molecular weight is 133 g/mol. The summed E-state index contributed by atoms with van der Waals surface area (Å²) in [5.74, 6) is 0. The van der Waals surface area contributed by atoms with Gasteiger partial charge in [0.05, 0.1) is 5.71 Å². The van der Waals surface area contributed by atoms with Crippen molar-refractivity contribution >= 4 is 5.71 Å². The maximum Gasteiger partial charge on any atom is 0.0914 e. The first-order valence-corrected chi connectivity index (χ1v) is 3.21. The average Bonchev–Trinajstić information content (AvgIpc) is 1.92. The molecule has 0 bridgehead atoms. The van der Waals surface area contributed by atoms with Crippen LogP contribution in [0, 0.1) is 0 Å². The first-order chi connectivity index (χ1) is 4.92. The fourth-order valence-corrected chi connectivity index (χ4v) is 1.21. The molecule has 1 aliphatic carbocycles. The van der Waals surface area contributed by atoms with E-state index in [4.69, 9.17) is 5.21 Å². The molecule has 0 saturated carbocycles. The third-order valence-corrected chi connectivity index (χ3v) is 1.81. The van der Waals surface area contributed by atoms with Crippen LogP contribution in [0.25, 0.3) is 0 Å². The van der Waals surface area contributed by atoms with Crippen LogP contribution in [0.4, 0.5) is 0 Å². The summed E-state index contributed by atoms with van der Waals surface area (Å²) in [7, 11) is 0. The van der Waals surface area contributed by atoms with Crippen LogP contribution in [0.15, 0.2) is 29.4 Å². The van der Waals surface area contributed by atoms with Crippen molar-refractivity contribution in [1.82, 2.24) is 0 Å². The molecule has 0 saturated heterocycles. The van der Waals surface area contributed by atoms with Crippen molar-refractivity contribution < 1.29 is 5.21 Å². The Hall–Kier alpha value is -1.31. The summed E-state index contributed by atoms with van der Waals surface area (Å²) in [5.41, 5.74) is 3.16. The minimum Gasteiger partial charge on any atom is -0.411 e. The van der Waals surface area contributed by atoms with Gasteiger partial charge in [0.1, 0.15) is 0 Å². The van der Waals surface area contributed by atoms with Crippen molar-refractivity contribution in [3.05, 3.63) is 35.4 Å². The first kappa shape index (κ1) is 5.47. The normalized spacial score (nSPS) is 18.2.